The Labute approximate surface area is 108 Å². The van der Waals surface area contributed by atoms with Crippen LogP contribution in [0.4, 0.5) is 0 Å². The Kier molecular flexibility index (Phi) is 5.27. The van der Waals surface area contributed by atoms with Gasteiger partial charge in [0.15, 0.2) is 0 Å². The summed E-state index contributed by atoms with van der Waals surface area (Å²) in [5.41, 5.74) is 0. The number of hydrogen-bond donors (Lipinski definition) is 0. The van der Waals surface area contributed by atoms with Crippen molar-refractivity contribution in [3.8, 4) is 6.07 Å². The van der Waals surface area contributed by atoms with Gasteiger partial charge in [-0.3, -0.25) is 4.21 Å². The normalized spacial score (nSPS) is 14.1. The second-order valence-electron chi connectivity index (χ2n) is 3.26. The lowest BCUT2D eigenvalue weighted by molar-refractivity contribution is 0.664. The molecule has 1 aromatic rings. The van der Waals surface area contributed by atoms with Crippen molar-refractivity contribution in [1.82, 2.24) is 0 Å². The van der Waals surface area contributed by atoms with Crippen molar-refractivity contribution < 1.29 is 4.21 Å². The third-order valence-corrected chi connectivity index (χ3v) is 4.74. The molecule has 2 atom stereocenters. The Hall–Kier alpha value is -0.560. The highest BCUT2D eigenvalue weighted by atomic mass is 35.5. The molecule has 5 heteroatoms. The number of benzene rings is 1. The molecule has 0 spiro atoms. The number of hydrogen-bond acceptors (Lipinski definition) is 2. The Balaban J connectivity index is 3.03. The van der Waals surface area contributed by atoms with E-state index in [1.807, 2.05) is 13.0 Å². The smallest absolute Gasteiger partial charge is 0.0634 e. The van der Waals surface area contributed by atoms with Crippen LogP contribution >= 0.6 is 23.2 Å². The maximum atomic E-state index is 12.2. The summed E-state index contributed by atoms with van der Waals surface area (Å²) in [6, 6.07) is 6.90. The first-order chi connectivity index (χ1) is 7.60. The summed E-state index contributed by atoms with van der Waals surface area (Å²) in [5.74, 6) is 0. The van der Waals surface area contributed by atoms with Gasteiger partial charge in [0, 0.05) is 11.4 Å². The minimum atomic E-state index is -1.28. The molecule has 2 nitrogen and oxygen atoms in total. The molecule has 0 N–H and O–H groups in total. The zero-order valence-corrected chi connectivity index (χ0v) is 11.1. The Morgan fingerprint density at radius 1 is 1.50 bits per heavy atom. The fourth-order valence-electron chi connectivity index (χ4n) is 1.28. The highest BCUT2D eigenvalue weighted by molar-refractivity contribution is 7.85. The lowest BCUT2D eigenvalue weighted by Crippen LogP contribution is -2.13. The molecule has 0 radical (unpaired) electrons. The van der Waals surface area contributed by atoms with Gasteiger partial charge in [-0.15, -0.1) is 0 Å². The summed E-state index contributed by atoms with van der Waals surface area (Å²) < 4.78 is 12.2. The molecule has 2 unspecified atom stereocenters. The predicted molar refractivity (Wildman–Crippen MR) is 67.2 cm³/mol. The predicted octanol–water partition coefficient (Wildman–Crippen LogP) is 3.79. The summed E-state index contributed by atoms with van der Waals surface area (Å²) >= 11 is 11.8. The van der Waals surface area contributed by atoms with E-state index < -0.39 is 10.8 Å². The maximum Gasteiger partial charge on any atom is 0.0634 e. The first kappa shape index (κ1) is 13.5. The average molecular weight is 276 g/mol. The van der Waals surface area contributed by atoms with Gasteiger partial charge in [0.2, 0.25) is 0 Å². The Morgan fingerprint density at radius 2 is 2.19 bits per heavy atom. The van der Waals surface area contributed by atoms with Crippen molar-refractivity contribution in [3.05, 3.63) is 28.2 Å². The van der Waals surface area contributed by atoms with Crippen molar-refractivity contribution >= 4 is 34.0 Å². The Bertz CT molecular complexity index is 442. The largest absolute Gasteiger partial charge is 0.254 e. The van der Waals surface area contributed by atoms with Gasteiger partial charge in [0.1, 0.15) is 0 Å². The van der Waals surface area contributed by atoms with Crippen molar-refractivity contribution in [2.45, 2.75) is 29.9 Å². The standard InChI is InChI=1S/C11H11Cl2NOS/c1-2-9(5-6-14)16(15)11-7-8(12)3-4-10(11)13/h3-4,7,9H,2,5H2,1H3. The van der Waals surface area contributed by atoms with Gasteiger partial charge >= 0.3 is 0 Å². The average Bonchev–Trinajstić information content (AvgIpc) is 2.28. The van der Waals surface area contributed by atoms with Crippen LogP contribution in [0.2, 0.25) is 10.0 Å². The highest BCUT2D eigenvalue weighted by Crippen LogP contribution is 2.27. The second-order valence-corrected chi connectivity index (χ2v) is 5.81. The van der Waals surface area contributed by atoms with E-state index in [9.17, 15) is 4.21 Å². The molecule has 0 saturated heterocycles. The molecular weight excluding hydrogens is 265 g/mol. The van der Waals surface area contributed by atoms with Crippen molar-refractivity contribution in [2.24, 2.45) is 0 Å². The number of nitriles is 1. The summed E-state index contributed by atoms with van der Waals surface area (Å²) in [6.45, 7) is 1.90. The summed E-state index contributed by atoms with van der Waals surface area (Å²) in [4.78, 5) is 0.510. The van der Waals surface area contributed by atoms with E-state index in [0.29, 0.717) is 21.4 Å². The molecule has 0 saturated carbocycles. The molecular formula is C11H11Cl2NOS. The molecule has 86 valence electrons. The lowest BCUT2D eigenvalue weighted by Gasteiger charge is -2.12. The van der Waals surface area contributed by atoms with E-state index in [-0.39, 0.29) is 11.7 Å². The lowest BCUT2D eigenvalue weighted by atomic mass is 10.3. The quantitative estimate of drug-likeness (QED) is 0.839. The third kappa shape index (κ3) is 3.21. The molecule has 0 aromatic heterocycles. The molecule has 0 aliphatic rings. The van der Waals surface area contributed by atoms with Gasteiger partial charge in [-0.25, -0.2) is 0 Å². The van der Waals surface area contributed by atoms with Gasteiger partial charge in [0.05, 0.1) is 32.0 Å². The fourth-order valence-corrected chi connectivity index (χ4v) is 3.26. The van der Waals surface area contributed by atoms with E-state index in [0.717, 1.165) is 0 Å². The number of nitrogens with zero attached hydrogens (tertiary/aromatic N) is 1. The summed E-state index contributed by atoms with van der Waals surface area (Å²) in [6.07, 6.45) is 0.926. The molecule has 0 heterocycles. The van der Waals surface area contributed by atoms with Crippen LogP contribution in [0.15, 0.2) is 23.1 Å². The van der Waals surface area contributed by atoms with E-state index in [4.69, 9.17) is 28.5 Å². The van der Waals surface area contributed by atoms with Gasteiger partial charge in [0.25, 0.3) is 0 Å². The Morgan fingerprint density at radius 3 is 2.75 bits per heavy atom. The minimum Gasteiger partial charge on any atom is -0.254 e. The third-order valence-electron chi connectivity index (χ3n) is 2.19. The second kappa shape index (κ2) is 6.24. The molecule has 0 amide bonds. The maximum absolute atomic E-state index is 12.2. The molecule has 0 aliphatic carbocycles. The zero-order valence-electron chi connectivity index (χ0n) is 8.74. The topological polar surface area (TPSA) is 40.9 Å². The van der Waals surface area contributed by atoms with E-state index >= 15 is 0 Å². The molecule has 1 rings (SSSR count). The van der Waals surface area contributed by atoms with Crippen LogP contribution < -0.4 is 0 Å². The monoisotopic (exact) mass is 275 g/mol. The van der Waals surface area contributed by atoms with E-state index in [2.05, 4.69) is 0 Å². The van der Waals surface area contributed by atoms with E-state index in [1.54, 1.807) is 18.2 Å². The fraction of sp³-hybridized carbons (Fsp3) is 0.364. The molecule has 1 aromatic carbocycles. The van der Waals surface area contributed by atoms with Crippen LogP contribution in [-0.4, -0.2) is 9.46 Å². The van der Waals surface area contributed by atoms with Crippen molar-refractivity contribution in [2.75, 3.05) is 0 Å². The van der Waals surface area contributed by atoms with Crippen LogP contribution in [0.1, 0.15) is 19.8 Å². The molecule has 0 fully saturated rings. The van der Waals surface area contributed by atoms with Crippen molar-refractivity contribution in [1.29, 1.82) is 5.26 Å². The zero-order chi connectivity index (χ0) is 12.1. The van der Waals surface area contributed by atoms with Crippen molar-refractivity contribution in [3.63, 3.8) is 0 Å². The SMILES string of the molecule is CCC(CC#N)S(=O)c1cc(Cl)ccc1Cl. The summed E-state index contributed by atoms with van der Waals surface area (Å²) in [7, 11) is -1.28. The molecule has 16 heavy (non-hydrogen) atoms. The van der Waals surface area contributed by atoms with Gasteiger partial charge < -0.3 is 0 Å². The van der Waals surface area contributed by atoms with E-state index in [1.165, 1.54) is 0 Å². The molecule has 0 aliphatic heterocycles. The first-order valence-electron chi connectivity index (χ1n) is 4.82. The number of rotatable bonds is 4. The van der Waals surface area contributed by atoms with Crippen LogP contribution in [0, 0.1) is 11.3 Å². The number of halogens is 2. The summed E-state index contributed by atoms with van der Waals surface area (Å²) in [5, 5.41) is 9.38. The molecule has 0 bridgehead atoms. The highest BCUT2D eigenvalue weighted by Gasteiger charge is 2.19. The van der Waals surface area contributed by atoms with Gasteiger partial charge in [-0.2, -0.15) is 5.26 Å². The van der Waals surface area contributed by atoms with Crippen LogP contribution in [0.25, 0.3) is 0 Å². The first-order valence-corrected chi connectivity index (χ1v) is 6.79. The van der Waals surface area contributed by atoms with Gasteiger partial charge in [-0.05, 0) is 24.6 Å². The van der Waals surface area contributed by atoms with Gasteiger partial charge in [-0.1, -0.05) is 30.1 Å². The van der Waals surface area contributed by atoms with Crippen LogP contribution in [-0.2, 0) is 10.8 Å². The van der Waals surface area contributed by atoms with Crippen LogP contribution in [0.3, 0.4) is 0 Å². The van der Waals surface area contributed by atoms with Crippen LogP contribution in [0.5, 0.6) is 0 Å². The minimum absolute atomic E-state index is 0.194.